The van der Waals surface area contributed by atoms with Gasteiger partial charge in [-0.2, -0.15) is 5.10 Å². The van der Waals surface area contributed by atoms with Crippen LogP contribution in [-0.2, 0) is 28.9 Å². The fourth-order valence-corrected chi connectivity index (χ4v) is 4.85. The van der Waals surface area contributed by atoms with E-state index in [9.17, 15) is 4.79 Å². The van der Waals surface area contributed by atoms with Crippen molar-refractivity contribution in [2.75, 3.05) is 19.6 Å². The summed E-state index contributed by atoms with van der Waals surface area (Å²) in [6.07, 6.45) is 12.4. The van der Waals surface area contributed by atoms with E-state index in [1.165, 1.54) is 56.5 Å². The van der Waals surface area contributed by atoms with Gasteiger partial charge in [0.05, 0.1) is 5.69 Å². The second kappa shape index (κ2) is 10.1. The van der Waals surface area contributed by atoms with Crippen LogP contribution in [0, 0.1) is 11.8 Å². The van der Waals surface area contributed by atoms with Crippen LogP contribution in [0.1, 0.15) is 83.9 Å². The zero-order valence-electron chi connectivity index (χ0n) is 19.1. The molecule has 1 saturated carbocycles. The summed E-state index contributed by atoms with van der Waals surface area (Å²) in [5, 5.41) is 4.79. The van der Waals surface area contributed by atoms with E-state index >= 15 is 0 Å². The van der Waals surface area contributed by atoms with Gasteiger partial charge in [-0.3, -0.25) is 9.48 Å². The fourth-order valence-electron chi connectivity index (χ4n) is 4.85. The Morgan fingerprint density at radius 3 is 2.48 bits per heavy atom. The molecule has 2 heterocycles. The highest BCUT2D eigenvalue weighted by molar-refractivity contribution is 5.70. The molecule has 0 saturated heterocycles. The largest absolute Gasteiger partial charge is 0.460 e. The first-order valence-electron chi connectivity index (χ1n) is 11.8. The standard InChI is InChI=1S/C24H41N3O2/c1-5-13-27-18-21-11-15-26(16-12-22(21)25-27)14-10-19-6-8-20(9-7-19)17-23(28)29-24(2,3)4/h18-20H,5-17H2,1-4H3. The predicted octanol–water partition coefficient (Wildman–Crippen LogP) is 4.62. The first kappa shape index (κ1) is 22.3. The third-order valence-electron chi connectivity index (χ3n) is 6.43. The molecule has 0 N–H and O–H groups in total. The van der Waals surface area contributed by atoms with Crippen LogP contribution in [-0.4, -0.2) is 45.9 Å². The van der Waals surface area contributed by atoms with E-state index in [0.717, 1.165) is 38.3 Å². The Balaban J connectivity index is 1.34. The van der Waals surface area contributed by atoms with Gasteiger partial charge in [0.25, 0.3) is 0 Å². The lowest BCUT2D eigenvalue weighted by atomic mass is 9.79. The topological polar surface area (TPSA) is 47.4 Å². The second-order valence-electron chi connectivity index (χ2n) is 10.2. The molecule has 1 aromatic heterocycles. The summed E-state index contributed by atoms with van der Waals surface area (Å²) in [6, 6.07) is 0. The molecule has 0 spiro atoms. The molecule has 0 aromatic carbocycles. The second-order valence-corrected chi connectivity index (χ2v) is 10.2. The summed E-state index contributed by atoms with van der Waals surface area (Å²) in [6.45, 7) is 12.6. The van der Waals surface area contributed by atoms with E-state index < -0.39 is 0 Å². The zero-order valence-corrected chi connectivity index (χ0v) is 19.1. The van der Waals surface area contributed by atoms with E-state index in [1.807, 2.05) is 20.8 Å². The highest BCUT2D eigenvalue weighted by atomic mass is 16.6. The number of aryl methyl sites for hydroxylation is 1. The summed E-state index contributed by atoms with van der Waals surface area (Å²) in [7, 11) is 0. The summed E-state index contributed by atoms with van der Waals surface area (Å²) >= 11 is 0. The third-order valence-corrected chi connectivity index (χ3v) is 6.43. The van der Waals surface area contributed by atoms with Gasteiger partial charge < -0.3 is 9.64 Å². The van der Waals surface area contributed by atoms with Crippen LogP contribution in [0.5, 0.6) is 0 Å². The molecule has 2 aliphatic rings. The highest BCUT2D eigenvalue weighted by Crippen LogP contribution is 2.33. The molecular formula is C24H41N3O2. The van der Waals surface area contributed by atoms with Gasteiger partial charge in [0.1, 0.15) is 5.60 Å². The molecule has 0 bridgehead atoms. The van der Waals surface area contributed by atoms with Crippen LogP contribution in [0.2, 0.25) is 0 Å². The molecule has 1 aliphatic carbocycles. The van der Waals surface area contributed by atoms with Gasteiger partial charge >= 0.3 is 5.97 Å². The first-order chi connectivity index (χ1) is 13.8. The average molecular weight is 404 g/mol. The normalized spacial score (nSPS) is 23.4. The van der Waals surface area contributed by atoms with Gasteiger partial charge in [0, 0.05) is 38.7 Å². The molecule has 0 unspecified atom stereocenters. The molecule has 29 heavy (non-hydrogen) atoms. The van der Waals surface area contributed by atoms with Crippen LogP contribution in [0.4, 0.5) is 0 Å². The van der Waals surface area contributed by atoms with Crippen molar-refractivity contribution >= 4 is 5.97 Å². The summed E-state index contributed by atoms with van der Waals surface area (Å²) in [5.41, 5.74) is 2.42. The number of rotatable bonds is 7. The summed E-state index contributed by atoms with van der Waals surface area (Å²) in [5.74, 6) is 1.32. The number of carbonyl (C=O) groups excluding carboxylic acids is 1. The number of ether oxygens (including phenoxy) is 1. The minimum absolute atomic E-state index is 0.0224. The summed E-state index contributed by atoms with van der Waals surface area (Å²) < 4.78 is 7.63. The molecule has 5 nitrogen and oxygen atoms in total. The molecule has 5 heteroatoms. The van der Waals surface area contributed by atoms with Gasteiger partial charge in [-0.05, 0) is 76.8 Å². The number of hydrogen-bond donors (Lipinski definition) is 0. The van der Waals surface area contributed by atoms with Gasteiger partial charge in [0.15, 0.2) is 0 Å². The maximum Gasteiger partial charge on any atom is 0.306 e. The van der Waals surface area contributed by atoms with Crippen molar-refractivity contribution in [2.24, 2.45) is 11.8 Å². The molecule has 1 fully saturated rings. The van der Waals surface area contributed by atoms with Crippen molar-refractivity contribution in [3.8, 4) is 0 Å². The van der Waals surface area contributed by atoms with E-state index in [2.05, 4.69) is 22.7 Å². The Labute approximate surface area is 177 Å². The molecule has 0 atom stereocenters. The SMILES string of the molecule is CCCn1cc2c(n1)CCN(CCC1CCC(CC(=O)OC(C)(C)C)CC1)CC2. The maximum atomic E-state index is 12.1. The van der Waals surface area contributed by atoms with Crippen LogP contribution in [0.25, 0.3) is 0 Å². The van der Waals surface area contributed by atoms with Gasteiger partial charge in [-0.15, -0.1) is 0 Å². The van der Waals surface area contributed by atoms with Crippen LogP contribution >= 0.6 is 0 Å². The van der Waals surface area contributed by atoms with Crippen molar-refractivity contribution in [2.45, 2.75) is 97.6 Å². The quantitative estimate of drug-likeness (QED) is 0.623. The van der Waals surface area contributed by atoms with Crippen LogP contribution < -0.4 is 0 Å². The Morgan fingerprint density at radius 1 is 1.10 bits per heavy atom. The van der Waals surface area contributed by atoms with Gasteiger partial charge in [0.2, 0.25) is 0 Å². The Morgan fingerprint density at radius 2 is 1.79 bits per heavy atom. The number of fused-ring (bicyclic) bond motifs is 1. The zero-order chi connectivity index (χ0) is 20.9. The number of aromatic nitrogens is 2. The molecule has 0 radical (unpaired) electrons. The highest BCUT2D eigenvalue weighted by Gasteiger charge is 2.26. The van der Waals surface area contributed by atoms with E-state index in [4.69, 9.17) is 9.84 Å². The van der Waals surface area contributed by atoms with Crippen LogP contribution in [0.3, 0.4) is 0 Å². The fraction of sp³-hybridized carbons (Fsp3) is 0.833. The van der Waals surface area contributed by atoms with E-state index in [0.29, 0.717) is 12.3 Å². The first-order valence-corrected chi connectivity index (χ1v) is 11.8. The number of carbonyl (C=O) groups is 1. The molecule has 3 rings (SSSR count). The maximum absolute atomic E-state index is 12.1. The Kier molecular flexibility index (Phi) is 7.78. The minimum atomic E-state index is -0.365. The molecule has 1 aliphatic heterocycles. The third kappa shape index (κ3) is 7.13. The lowest BCUT2D eigenvalue weighted by molar-refractivity contribution is -0.156. The Hall–Kier alpha value is -1.36. The predicted molar refractivity (Wildman–Crippen MR) is 117 cm³/mol. The number of nitrogens with zero attached hydrogens (tertiary/aromatic N) is 3. The average Bonchev–Trinajstić information content (AvgIpc) is 2.93. The van der Waals surface area contributed by atoms with Crippen molar-refractivity contribution in [1.82, 2.24) is 14.7 Å². The van der Waals surface area contributed by atoms with E-state index in [-0.39, 0.29) is 11.6 Å². The lowest BCUT2D eigenvalue weighted by Crippen LogP contribution is -2.30. The van der Waals surface area contributed by atoms with E-state index in [1.54, 1.807) is 0 Å². The number of esters is 1. The van der Waals surface area contributed by atoms with Crippen LogP contribution in [0.15, 0.2) is 6.20 Å². The smallest absolute Gasteiger partial charge is 0.306 e. The summed E-state index contributed by atoms with van der Waals surface area (Å²) in [4.78, 5) is 14.7. The monoisotopic (exact) mass is 403 g/mol. The Bertz CT molecular complexity index is 628. The van der Waals surface area contributed by atoms with Gasteiger partial charge in [-0.1, -0.05) is 19.8 Å². The number of hydrogen-bond acceptors (Lipinski definition) is 4. The van der Waals surface area contributed by atoms with Crippen molar-refractivity contribution in [1.29, 1.82) is 0 Å². The molecular weight excluding hydrogens is 362 g/mol. The molecule has 1 aromatic rings. The van der Waals surface area contributed by atoms with Crippen molar-refractivity contribution < 1.29 is 9.53 Å². The molecule has 0 amide bonds. The lowest BCUT2D eigenvalue weighted by Gasteiger charge is -2.30. The minimum Gasteiger partial charge on any atom is -0.460 e. The van der Waals surface area contributed by atoms with Crippen molar-refractivity contribution in [3.05, 3.63) is 17.5 Å². The molecule has 164 valence electrons. The van der Waals surface area contributed by atoms with Gasteiger partial charge in [-0.25, -0.2) is 0 Å². The van der Waals surface area contributed by atoms with Crippen molar-refractivity contribution in [3.63, 3.8) is 0 Å².